The van der Waals surface area contributed by atoms with E-state index in [1.165, 1.54) is 11.9 Å². The third-order valence-corrected chi connectivity index (χ3v) is 12.4. The van der Waals surface area contributed by atoms with Gasteiger partial charge in [0.1, 0.15) is 12.7 Å². The molecule has 10 heteroatoms. The van der Waals surface area contributed by atoms with Crippen LogP contribution in [0.15, 0.2) is 24.3 Å². The van der Waals surface area contributed by atoms with E-state index in [0.717, 1.165) is 9.80 Å². The van der Waals surface area contributed by atoms with Gasteiger partial charge in [0.05, 0.1) is 11.1 Å². The molecule has 9 nitrogen and oxygen atoms in total. The molecule has 0 saturated carbocycles. The van der Waals surface area contributed by atoms with Crippen LogP contribution in [0.2, 0.25) is 18.1 Å². The number of urea groups is 1. The van der Waals surface area contributed by atoms with Gasteiger partial charge in [-0.3, -0.25) is 24.1 Å². The second kappa shape index (κ2) is 6.49. The Bertz CT molecular complexity index is 1010. The highest BCUT2D eigenvalue weighted by molar-refractivity contribution is 6.80. The second-order valence-corrected chi connectivity index (χ2v) is 14.9. The van der Waals surface area contributed by atoms with E-state index in [-0.39, 0.29) is 22.7 Å². The van der Waals surface area contributed by atoms with Crippen molar-refractivity contribution in [1.29, 1.82) is 0 Å². The van der Waals surface area contributed by atoms with Crippen LogP contribution in [0.25, 0.3) is 0 Å². The Kier molecular flexibility index (Phi) is 4.44. The third-order valence-electron chi connectivity index (χ3n) is 7.02. The SMILES string of the molecule is CN1CC(=O)N([C@@H]2[C@H](N3C(=O)c4ccccc4C3=O)C(=O)N2[Si](C)(C)C(C)(C)C)C1=O. The summed E-state index contributed by atoms with van der Waals surface area (Å²) in [5.74, 6) is -2.01. The Balaban J connectivity index is 1.81. The molecule has 4 rings (SSSR count). The summed E-state index contributed by atoms with van der Waals surface area (Å²) in [5, 5.41) is -0.272. The Labute approximate surface area is 181 Å². The number of imide groups is 2. The van der Waals surface area contributed by atoms with E-state index in [1.807, 2.05) is 33.9 Å². The average molecular weight is 443 g/mol. The topological polar surface area (TPSA) is 98.3 Å². The van der Waals surface area contributed by atoms with Crippen LogP contribution in [-0.2, 0) is 9.59 Å². The summed E-state index contributed by atoms with van der Waals surface area (Å²) in [7, 11) is -1.03. The molecule has 3 aliphatic rings. The van der Waals surface area contributed by atoms with Crippen LogP contribution in [0.5, 0.6) is 0 Å². The number of likely N-dealkylation sites (N-methyl/N-ethyl adjacent to an activating group) is 1. The molecule has 0 N–H and O–H groups in total. The van der Waals surface area contributed by atoms with Crippen LogP contribution < -0.4 is 0 Å². The lowest BCUT2D eigenvalue weighted by Gasteiger charge is -2.60. The molecule has 2 saturated heterocycles. The van der Waals surface area contributed by atoms with E-state index in [4.69, 9.17) is 0 Å². The highest BCUT2D eigenvalue weighted by Gasteiger charge is 2.66. The summed E-state index contributed by atoms with van der Waals surface area (Å²) in [6.07, 6.45) is -0.999. The van der Waals surface area contributed by atoms with Gasteiger partial charge < -0.3 is 9.47 Å². The van der Waals surface area contributed by atoms with E-state index in [1.54, 1.807) is 28.8 Å². The number of hydrogen-bond donors (Lipinski definition) is 0. The van der Waals surface area contributed by atoms with Gasteiger partial charge in [0.15, 0.2) is 14.3 Å². The third kappa shape index (κ3) is 2.70. The maximum absolute atomic E-state index is 13.5. The molecule has 3 heterocycles. The van der Waals surface area contributed by atoms with Crippen LogP contribution in [0, 0.1) is 0 Å². The monoisotopic (exact) mass is 442 g/mol. The van der Waals surface area contributed by atoms with Gasteiger partial charge in [-0.15, -0.1) is 0 Å². The number of amides is 6. The molecule has 0 unspecified atom stereocenters. The molecule has 0 bridgehead atoms. The molecule has 3 aliphatic heterocycles. The zero-order valence-corrected chi connectivity index (χ0v) is 19.5. The number of benzene rings is 1. The fourth-order valence-corrected chi connectivity index (χ4v) is 6.61. The maximum atomic E-state index is 13.5. The van der Waals surface area contributed by atoms with Crippen LogP contribution in [0.1, 0.15) is 41.5 Å². The summed E-state index contributed by atoms with van der Waals surface area (Å²) in [5.41, 5.74) is 0.446. The molecule has 0 radical (unpaired) electrons. The zero-order valence-electron chi connectivity index (χ0n) is 18.5. The average Bonchev–Trinajstić information content (AvgIpc) is 3.06. The lowest BCUT2D eigenvalue weighted by Crippen LogP contribution is -2.83. The molecule has 0 aromatic heterocycles. The Morgan fingerprint density at radius 2 is 1.42 bits per heavy atom. The normalized spacial score (nSPS) is 24.4. The van der Waals surface area contributed by atoms with E-state index in [9.17, 15) is 24.0 Å². The van der Waals surface area contributed by atoms with Crippen molar-refractivity contribution < 1.29 is 24.0 Å². The highest BCUT2D eigenvalue weighted by atomic mass is 28.3. The second-order valence-electron chi connectivity index (χ2n) is 9.80. The maximum Gasteiger partial charge on any atom is 0.328 e. The Morgan fingerprint density at radius 1 is 0.903 bits per heavy atom. The molecule has 0 spiro atoms. The number of fused-ring (bicyclic) bond motifs is 1. The first-order valence-corrected chi connectivity index (χ1v) is 13.1. The van der Waals surface area contributed by atoms with Gasteiger partial charge >= 0.3 is 6.03 Å². The van der Waals surface area contributed by atoms with E-state index < -0.39 is 50.1 Å². The molecular formula is C21H26N4O5Si. The largest absolute Gasteiger partial charge is 0.345 e. The lowest BCUT2D eigenvalue weighted by molar-refractivity contribution is -0.158. The molecule has 2 atom stereocenters. The van der Waals surface area contributed by atoms with Crippen molar-refractivity contribution in [3.8, 4) is 0 Å². The highest BCUT2D eigenvalue weighted by Crippen LogP contribution is 2.46. The molecular weight excluding hydrogens is 416 g/mol. The zero-order chi connectivity index (χ0) is 23.0. The lowest BCUT2D eigenvalue weighted by atomic mass is 10.0. The Morgan fingerprint density at radius 3 is 1.84 bits per heavy atom. The first-order valence-electron chi connectivity index (χ1n) is 10.2. The number of β-lactam (4-membered cyclic amide) rings is 1. The van der Waals surface area contributed by atoms with Gasteiger partial charge in [-0.05, 0) is 17.2 Å². The van der Waals surface area contributed by atoms with Crippen molar-refractivity contribution in [1.82, 2.24) is 19.3 Å². The van der Waals surface area contributed by atoms with Crippen molar-refractivity contribution in [2.75, 3.05) is 13.6 Å². The van der Waals surface area contributed by atoms with Gasteiger partial charge in [0.2, 0.25) is 5.91 Å². The molecule has 31 heavy (non-hydrogen) atoms. The first-order chi connectivity index (χ1) is 14.3. The summed E-state index contributed by atoms with van der Waals surface area (Å²) in [4.78, 5) is 68.5. The van der Waals surface area contributed by atoms with Gasteiger partial charge in [-0.25, -0.2) is 9.69 Å². The smallest absolute Gasteiger partial charge is 0.328 e. The van der Waals surface area contributed by atoms with Gasteiger partial charge in [0.25, 0.3) is 17.7 Å². The summed E-state index contributed by atoms with van der Waals surface area (Å²) in [6.45, 7) is 9.91. The summed E-state index contributed by atoms with van der Waals surface area (Å²) in [6, 6.07) is 4.63. The molecule has 1 aromatic carbocycles. The van der Waals surface area contributed by atoms with Gasteiger partial charge in [-0.2, -0.15) is 0 Å². The van der Waals surface area contributed by atoms with Crippen LogP contribution in [-0.4, -0.2) is 83.0 Å². The number of rotatable bonds is 3. The molecule has 0 aliphatic carbocycles. The Hall–Kier alpha value is -3.01. The van der Waals surface area contributed by atoms with Crippen LogP contribution in [0.3, 0.4) is 0 Å². The van der Waals surface area contributed by atoms with Crippen LogP contribution in [0.4, 0.5) is 4.79 Å². The van der Waals surface area contributed by atoms with Crippen LogP contribution >= 0.6 is 0 Å². The number of carbonyl (C=O) groups excluding carboxylic acids is 5. The number of carbonyl (C=O) groups is 5. The quantitative estimate of drug-likeness (QED) is 0.307. The van der Waals surface area contributed by atoms with Crippen molar-refractivity contribution in [2.45, 2.75) is 51.1 Å². The van der Waals surface area contributed by atoms with Crippen molar-refractivity contribution in [3.05, 3.63) is 35.4 Å². The van der Waals surface area contributed by atoms with E-state index in [0.29, 0.717) is 0 Å². The van der Waals surface area contributed by atoms with Crippen molar-refractivity contribution in [3.63, 3.8) is 0 Å². The minimum absolute atomic E-state index is 0.107. The van der Waals surface area contributed by atoms with E-state index >= 15 is 0 Å². The summed E-state index contributed by atoms with van der Waals surface area (Å²) >= 11 is 0. The molecule has 6 amide bonds. The van der Waals surface area contributed by atoms with Gasteiger partial charge in [0, 0.05) is 7.05 Å². The van der Waals surface area contributed by atoms with E-state index in [2.05, 4.69) is 0 Å². The van der Waals surface area contributed by atoms with Gasteiger partial charge in [-0.1, -0.05) is 46.0 Å². The predicted octanol–water partition coefficient (Wildman–Crippen LogP) is 1.72. The van der Waals surface area contributed by atoms with Crippen molar-refractivity contribution in [2.24, 2.45) is 0 Å². The molecule has 164 valence electrons. The molecule has 2 fully saturated rings. The minimum Gasteiger partial charge on any atom is -0.345 e. The summed E-state index contributed by atoms with van der Waals surface area (Å²) < 4.78 is 1.61. The molecule has 1 aromatic rings. The standard InChI is InChI=1S/C21H26N4O5Si/c1-21(2,3)31(5,6)25-16(23-14(26)11-22(4)20(23)30)15(19(25)29)24-17(27)12-9-7-8-10-13(12)18(24)28/h7-10,15-16H,11H2,1-6H3/t15-,16-/m0/s1. The predicted molar refractivity (Wildman–Crippen MR) is 113 cm³/mol. The fourth-order valence-electron chi connectivity index (χ4n) is 4.29. The first kappa shape index (κ1) is 21.2. The number of hydrogen-bond acceptors (Lipinski definition) is 5. The van der Waals surface area contributed by atoms with Crippen molar-refractivity contribution >= 4 is 37.9 Å². The number of nitrogens with zero attached hydrogens (tertiary/aromatic N) is 4. The fraction of sp³-hybridized carbons (Fsp3) is 0.476. The minimum atomic E-state index is -2.54.